The summed E-state index contributed by atoms with van der Waals surface area (Å²) in [5.74, 6) is 1.96. The van der Waals surface area contributed by atoms with Crippen molar-refractivity contribution in [1.29, 1.82) is 0 Å². The lowest BCUT2D eigenvalue weighted by atomic mass is 9.83. The summed E-state index contributed by atoms with van der Waals surface area (Å²) in [7, 11) is 0. The van der Waals surface area contributed by atoms with Crippen LogP contribution in [-0.4, -0.2) is 70.9 Å². The highest BCUT2D eigenvalue weighted by Crippen LogP contribution is 2.63. The van der Waals surface area contributed by atoms with E-state index in [0.29, 0.717) is 11.5 Å². The summed E-state index contributed by atoms with van der Waals surface area (Å²) < 4.78 is 5.49. The monoisotopic (exact) mass is 693 g/mol. The van der Waals surface area contributed by atoms with Crippen LogP contribution in [0, 0.1) is 29.1 Å². The highest BCUT2D eigenvalue weighted by atomic mass is 32.2. The number of amides is 5. The molecule has 4 N–H and O–H groups in total. The molecule has 12 heteroatoms. The van der Waals surface area contributed by atoms with Crippen LogP contribution in [0.25, 0.3) is 0 Å². The first-order valence-electron chi connectivity index (χ1n) is 17.1. The summed E-state index contributed by atoms with van der Waals surface area (Å²) in [6.45, 7) is 13.5. The van der Waals surface area contributed by atoms with Crippen LogP contribution in [0.4, 0.5) is 4.79 Å². The molecule has 266 valence electrons. The number of nitrogens with zero attached hydrogens (tertiary/aromatic N) is 1. The number of ketones is 1. The zero-order valence-corrected chi connectivity index (χ0v) is 30.2. The molecular weight excluding hydrogens is 643 g/mol. The summed E-state index contributed by atoms with van der Waals surface area (Å²) >= 11 is 1.71. The molecule has 2 fully saturated rings. The number of thioether (sulfide) groups is 1. The lowest BCUT2D eigenvalue weighted by molar-refractivity contribution is -0.140. The molecule has 11 nitrogen and oxygen atoms in total. The fraction of sp³-hybridized carbons (Fsp3) is 0.595. The van der Waals surface area contributed by atoms with Gasteiger partial charge in [-0.2, -0.15) is 11.8 Å². The van der Waals surface area contributed by atoms with Crippen molar-refractivity contribution in [2.45, 2.75) is 103 Å². The first kappa shape index (κ1) is 37.8. The average Bonchev–Trinajstić information content (AvgIpc) is 3.48. The average molecular weight is 694 g/mol. The van der Waals surface area contributed by atoms with Gasteiger partial charge in [0.2, 0.25) is 11.7 Å². The van der Waals surface area contributed by atoms with E-state index in [1.807, 2.05) is 46.8 Å². The number of carbonyl (C=O) groups is 5. The van der Waals surface area contributed by atoms with Gasteiger partial charge >= 0.3 is 6.03 Å². The molecule has 2 aliphatic carbocycles. The third kappa shape index (κ3) is 8.98. The number of furan rings is 1. The molecule has 2 unspecified atom stereocenters. The lowest BCUT2D eigenvalue weighted by Crippen LogP contribution is -2.61. The van der Waals surface area contributed by atoms with Crippen LogP contribution in [0.3, 0.4) is 0 Å². The van der Waals surface area contributed by atoms with Gasteiger partial charge < -0.3 is 30.6 Å². The van der Waals surface area contributed by atoms with E-state index in [1.54, 1.807) is 18.0 Å². The Balaban J connectivity index is 1.52. The van der Waals surface area contributed by atoms with Crippen LogP contribution >= 0.6 is 11.8 Å². The first-order valence-corrected chi connectivity index (χ1v) is 18.2. The van der Waals surface area contributed by atoms with Crippen molar-refractivity contribution in [3.8, 4) is 12.3 Å². The highest BCUT2D eigenvalue weighted by molar-refractivity contribution is 7.98. The third-order valence-electron chi connectivity index (χ3n) is 9.81. The highest BCUT2D eigenvalue weighted by Gasteiger charge is 2.62. The summed E-state index contributed by atoms with van der Waals surface area (Å²) in [5.41, 5.74) is -0.462. The predicted octanol–water partition coefficient (Wildman–Crippen LogP) is 4.45. The second-order valence-corrected chi connectivity index (χ2v) is 15.9. The van der Waals surface area contributed by atoms with Gasteiger partial charge in [0, 0.05) is 31.2 Å². The van der Waals surface area contributed by atoms with Crippen LogP contribution in [0.1, 0.15) is 85.3 Å². The zero-order valence-electron chi connectivity index (χ0n) is 29.4. The summed E-state index contributed by atoms with van der Waals surface area (Å²) in [6.07, 6.45) is 13.5. The number of terminal acetylenes is 1. The van der Waals surface area contributed by atoms with Gasteiger partial charge in [0.1, 0.15) is 17.5 Å². The summed E-state index contributed by atoms with van der Waals surface area (Å²) in [6, 6.07) is 1.22. The Kier molecular flexibility index (Phi) is 12.1. The van der Waals surface area contributed by atoms with Crippen molar-refractivity contribution < 1.29 is 28.4 Å². The second-order valence-electron chi connectivity index (χ2n) is 14.9. The molecule has 49 heavy (non-hydrogen) atoms. The molecule has 0 bridgehead atoms. The minimum absolute atomic E-state index is 0.0425. The van der Waals surface area contributed by atoms with Gasteiger partial charge in [0.05, 0.1) is 23.6 Å². The van der Waals surface area contributed by atoms with E-state index >= 15 is 0 Å². The lowest BCUT2D eigenvalue weighted by Gasteiger charge is -2.40. The Labute approximate surface area is 294 Å². The quantitative estimate of drug-likeness (QED) is 0.121. The molecule has 1 aromatic rings. The summed E-state index contributed by atoms with van der Waals surface area (Å²) in [5, 5.41) is 11.4. The number of carbonyl (C=O) groups excluding carboxylic acids is 5. The fourth-order valence-corrected chi connectivity index (χ4v) is 8.13. The molecule has 4 rings (SSSR count). The van der Waals surface area contributed by atoms with Crippen molar-refractivity contribution in [2.24, 2.45) is 16.7 Å². The van der Waals surface area contributed by atoms with Gasteiger partial charge in [0.15, 0.2) is 0 Å². The van der Waals surface area contributed by atoms with Gasteiger partial charge in [0.25, 0.3) is 11.8 Å². The van der Waals surface area contributed by atoms with Gasteiger partial charge in [-0.05, 0) is 47.8 Å². The Bertz CT molecular complexity index is 1500. The molecule has 0 saturated heterocycles. The topological polar surface area (TPSA) is 150 Å². The van der Waals surface area contributed by atoms with Gasteiger partial charge in [-0.3, -0.25) is 19.2 Å². The Morgan fingerprint density at radius 1 is 1.16 bits per heavy atom. The predicted molar refractivity (Wildman–Crippen MR) is 190 cm³/mol. The fourth-order valence-electron chi connectivity index (χ4n) is 6.91. The molecule has 5 amide bonds. The molecule has 2 heterocycles. The third-order valence-corrected chi connectivity index (χ3v) is 11.1. The molecular formula is C37H51N5O6S. The molecule has 0 radical (unpaired) electrons. The van der Waals surface area contributed by atoms with Gasteiger partial charge in [-0.25, -0.2) is 4.79 Å². The van der Waals surface area contributed by atoms with E-state index in [-0.39, 0.29) is 43.0 Å². The summed E-state index contributed by atoms with van der Waals surface area (Å²) in [4.78, 5) is 69.1. The largest absolute Gasteiger partial charge is 0.468 e. The maximum Gasteiger partial charge on any atom is 0.315 e. The van der Waals surface area contributed by atoms with Gasteiger partial charge in [-0.1, -0.05) is 60.0 Å². The number of hydrogen-bond acceptors (Lipinski definition) is 7. The first-order chi connectivity index (χ1) is 23.1. The van der Waals surface area contributed by atoms with Crippen molar-refractivity contribution in [3.63, 3.8) is 0 Å². The number of fused-ring (bicyclic) bond motifs is 1. The minimum Gasteiger partial charge on any atom is -0.468 e. The van der Waals surface area contributed by atoms with E-state index in [4.69, 9.17) is 10.8 Å². The number of Topliss-reactive ketones (excluding diaryl/α,β-unsaturated/α-hetero) is 1. The van der Waals surface area contributed by atoms with Crippen molar-refractivity contribution >= 4 is 41.3 Å². The van der Waals surface area contributed by atoms with Crippen molar-refractivity contribution in [1.82, 2.24) is 26.2 Å². The van der Waals surface area contributed by atoms with Crippen LogP contribution in [-0.2, 0) is 24.9 Å². The smallest absolute Gasteiger partial charge is 0.315 e. The van der Waals surface area contributed by atoms with E-state index in [9.17, 15) is 24.0 Å². The normalized spacial score (nSPS) is 20.2. The second kappa shape index (κ2) is 15.7. The van der Waals surface area contributed by atoms with E-state index in [0.717, 1.165) is 43.4 Å². The van der Waals surface area contributed by atoms with Crippen molar-refractivity contribution in [3.05, 3.63) is 48.1 Å². The van der Waals surface area contributed by atoms with E-state index in [1.165, 1.54) is 11.0 Å². The molecule has 0 aromatic carbocycles. The van der Waals surface area contributed by atoms with Gasteiger partial charge in [-0.15, -0.1) is 18.9 Å². The van der Waals surface area contributed by atoms with Crippen molar-refractivity contribution in [2.75, 3.05) is 18.8 Å². The maximum absolute atomic E-state index is 14.4. The minimum atomic E-state index is -1.18. The zero-order chi connectivity index (χ0) is 36.0. The number of rotatable bonds is 15. The number of hydrogen-bond donors (Lipinski definition) is 4. The molecule has 3 atom stereocenters. The van der Waals surface area contributed by atoms with Crippen LogP contribution in [0.2, 0.25) is 0 Å². The number of urea groups is 1. The molecule has 1 aromatic heterocycles. The SMILES string of the molecule is C#CCCC(NC(=O)C1=C2C(CN1C(=O)[C@@H](NC(=O)NC1(CSCc3ccco3)CCCCC1)C(C)(C)C)C2(C)C)C(=O)C(=O)NCC=C. The van der Waals surface area contributed by atoms with Crippen LogP contribution in [0.5, 0.6) is 0 Å². The molecule has 2 saturated carbocycles. The maximum atomic E-state index is 14.4. The van der Waals surface area contributed by atoms with Crippen LogP contribution < -0.4 is 21.3 Å². The van der Waals surface area contributed by atoms with E-state index in [2.05, 4.69) is 33.8 Å². The molecule has 0 spiro atoms. The van der Waals surface area contributed by atoms with E-state index < -0.39 is 52.6 Å². The molecule has 1 aliphatic heterocycles. The van der Waals surface area contributed by atoms with Crippen LogP contribution in [0.15, 0.2) is 46.7 Å². The number of nitrogens with one attached hydrogen (secondary N) is 4. The Morgan fingerprint density at radius 3 is 2.49 bits per heavy atom. The standard InChI is InChI=1S/C37H51N5O6S/c1-8-10-16-26(29(43)32(45)38-19-9-2)39-31(44)28-27-25(36(27,6)7)21-42(28)33(46)30(35(3,4)5)40-34(47)41-37(17-12-11-13-18-37)23-49-22-24-15-14-20-48-24/h1,9,14-15,20,25-26,30H,2,10-13,16-19,21-23H2,3-7H3,(H,38,45)(H,39,44)(H2,40,41,47)/t25?,26?,30-/m1/s1. The Hall–Kier alpha value is -3.98. The Morgan fingerprint density at radius 2 is 1.88 bits per heavy atom. The molecule has 3 aliphatic rings.